The minimum absolute atomic E-state index is 0.236. The van der Waals surface area contributed by atoms with E-state index in [1.54, 1.807) is 0 Å². The van der Waals surface area contributed by atoms with Crippen LogP contribution in [0.25, 0.3) is 0 Å². The van der Waals surface area contributed by atoms with E-state index in [4.69, 9.17) is 10.5 Å². The number of anilines is 1. The second kappa shape index (κ2) is 3.42. The first-order chi connectivity index (χ1) is 6.27. The molecule has 0 radical (unpaired) electrons. The minimum atomic E-state index is 0.236. The molecule has 0 saturated carbocycles. The van der Waals surface area contributed by atoms with Gasteiger partial charge >= 0.3 is 0 Å². The summed E-state index contributed by atoms with van der Waals surface area (Å²) >= 11 is 0. The van der Waals surface area contributed by atoms with E-state index in [9.17, 15) is 0 Å². The zero-order chi connectivity index (χ0) is 9.26. The Kier molecular flexibility index (Phi) is 2.27. The van der Waals surface area contributed by atoms with Crippen molar-refractivity contribution in [3.63, 3.8) is 0 Å². The van der Waals surface area contributed by atoms with E-state index in [0.717, 1.165) is 30.7 Å². The lowest BCUT2D eigenvalue weighted by Crippen LogP contribution is -2.09. The Morgan fingerprint density at radius 2 is 2.31 bits per heavy atom. The number of hydrogen-bond acceptors (Lipinski definition) is 2. The van der Waals surface area contributed by atoms with Crippen LogP contribution < -0.4 is 11.2 Å². The van der Waals surface area contributed by atoms with Crippen LogP contribution in [0.5, 0.6) is 0 Å². The highest BCUT2D eigenvalue weighted by atomic mass is 16.5. The maximum Gasteiger partial charge on any atom is 0.139 e. The minimum Gasteiger partial charge on any atom is -0.398 e. The quantitative estimate of drug-likeness (QED) is 0.494. The lowest BCUT2D eigenvalue weighted by Gasteiger charge is -2.13. The van der Waals surface area contributed by atoms with Gasteiger partial charge in [0.2, 0.25) is 0 Å². The summed E-state index contributed by atoms with van der Waals surface area (Å²) in [5.41, 5.74) is 9.16. The predicted octanol–water partition coefficient (Wildman–Crippen LogP) is 0.379. The summed E-state index contributed by atoms with van der Waals surface area (Å²) in [6.07, 6.45) is 2.49. The van der Waals surface area contributed by atoms with Gasteiger partial charge in [-0.2, -0.15) is 0 Å². The van der Waals surface area contributed by atoms with Gasteiger partial charge in [0.25, 0.3) is 0 Å². The van der Waals surface area contributed by atoms with Gasteiger partial charge in [-0.1, -0.05) is 17.6 Å². The Hall–Kier alpha value is -0.955. The molecule has 1 aromatic carbocycles. The molecule has 1 aromatic rings. The van der Waals surface area contributed by atoms with Crippen molar-refractivity contribution in [2.24, 2.45) is 0 Å². The first kappa shape index (κ1) is 8.63. The van der Waals surface area contributed by atoms with Crippen molar-refractivity contribution >= 4 is 19.0 Å². The molecule has 1 aliphatic rings. The normalized spacial score (nSPS) is 22.0. The van der Waals surface area contributed by atoms with E-state index in [0.29, 0.717) is 0 Å². The third-order valence-corrected chi connectivity index (χ3v) is 2.52. The van der Waals surface area contributed by atoms with Gasteiger partial charge in [0.1, 0.15) is 7.85 Å². The van der Waals surface area contributed by atoms with Crippen molar-refractivity contribution in [1.29, 1.82) is 0 Å². The summed E-state index contributed by atoms with van der Waals surface area (Å²) in [5, 5.41) is 0. The SMILES string of the molecule is Bc1ccc(N)c(C2CCCO2)c1. The highest BCUT2D eigenvalue weighted by Crippen LogP contribution is 2.31. The van der Waals surface area contributed by atoms with Crippen LogP contribution in [-0.4, -0.2) is 14.5 Å². The van der Waals surface area contributed by atoms with E-state index < -0.39 is 0 Å². The first-order valence-corrected chi connectivity index (χ1v) is 4.75. The smallest absolute Gasteiger partial charge is 0.139 e. The number of rotatable bonds is 1. The van der Waals surface area contributed by atoms with Crippen LogP contribution in [0.3, 0.4) is 0 Å². The van der Waals surface area contributed by atoms with Crippen molar-refractivity contribution in [2.75, 3.05) is 12.3 Å². The molecule has 1 saturated heterocycles. The second-order valence-electron chi connectivity index (χ2n) is 3.63. The fourth-order valence-electron chi connectivity index (χ4n) is 1.80. The number of nitrogens with two attached hydrogens (primary N) is 1. The highest BCUT2D eigenvalue weighted by Gasteiger charge is 2.19. The van der Waals surface area contributed by atoms with Crippen LogP contribution in [0.2, 0.25) is 0 Å². The van der Waals surface area contributed by atoms with Gasteiger partial charge in [-0.15, -0.1) is 0 Å². The molecular weight excluding hydrogens is 161 g/mol. The molecule has 3 heteroatoms. The highest BCUT2D eigenvalue weighted by molar-refractivity contribution is 6.32. The summed E-state index contributed by atoms with van der Waals surface area (Å²) in [6, 6.07) is 6.13. The molecular formula is C10H14BNO. The zero-order valence-electron chi connectivity index (χ0n) is 7.92. The molecule has 2 nitrogen and oxygen atoms in total. The van der Waals surface area contributed by atoms with Gasteiger partial charge in [-0.05, 0) is 18.9 Å². The standard InChI is InChI=1S/C10H14BNO/c11-7-3-4-9(12)8(6-7)10-2-1-5-13-10/h3-4,6,10H,1-2,5,11-12H2. The number of hydrogen-bond donors (Lipinski definition) is 1. The van der Waals surface area contributed by atoms with Crippen LogP contribution in [0, 0.1) is 0 Å². The summed E-state index contributed by atoms with van der Waals surface area (Å²) in [4.78, 5) is 0. The summed E-state index contributed by atoms with van der Waals surface area (Å²) in [7, 11) is 2.08. The van der Waals surface area contributed by atoms with Crippen molar-refractivity contribution < 1.29 is 4.74 Å². The van der Waals surface area contributed by atoms with Crippen LogP contribution in [0.15, 0.2) is 18.2 Å². The molecule has 2 N–H and O–H groups in total. The van der Waals surface area contributed by atoms with Crippen molar-refractivity contribution in [3.8, 4) is 0 Å². The largest absolute Gasteiger partial charge is 0.398 e. The van der Waals surface area contributed by atoms with Gasteiger partial charge < -0.3 is 10.5 Å². The van der Waals surface area contributed by atoms with Gasteiger partial charge in [0.15, 0.2) is 0 Å². The summed E-state index contributed by atoms with van der Waals surface area (Å²) < 4.78 is 5.59. The Labute approximate surface area is 79.5 Å². The first-order valence-electron chi connectivity index (χ1n) is 4.75. The molecule has 0 bridgehead atoms. The van der Waals surface area contributed by atoms with Crippen molar-refractivity contribution in [1.82, 2.24) is 0 Å². The van der Waals surface area contributed by atoms with E-state index in [1.165, 1.54) is 5.46 Å². The number of ether oxygens (including phenoxy) is 1. The number of benzene rings is 1. The number of nitrogen functional groups attached to an aromatic ring is 1. The fourth-order valence-corrected chi connectivity index (χ4v) is 1.80. The molecule has 0 aliphatic carbocycles. The lowest BCUT2D eigenvalue weighted by molar-refractivity contribution is 0.112. The summed E-state index contributed by atoms with van der Waals surface area (Å²) in [6.45, 7) is 0.873. The average Bonchev–Trinajstić information content (AvgIpc) is 2.61. The molecule has 1 aliphatic heterocycles. The monoisotopic (exact) mass is 175 g/mol. The molecule has 0 spiro atoms. The maximum atomic E-state index is 5.89. The molecule has 2 rings (SSSR count). The van der Waals surface area contributed by atoms with Crippen LogP contribution >= 0.6 is 0 Å². The van der Waals surface area contributed by atoms with Crippen molar-refractivity contribution in [2.45, 2.75) is 18.9 Å². The average molecular weight is 175 g/mol. The van der Waals surface area contributed by atoms with E-state index >= 15 is 0 Å². The molecule has 1 unspecified atom stereocenters. The zero-order valence-corrected chi connectivity index (χ0v) is 7.92. The Balaban J connectivity index is 2.32. The van der Waals surface area contributed by atoms with Crippen LogP contribution in [0.4, 0.5) is 5.69 Å². The Bertz CT molecular complexity index is 308. The summed E-state index contributed by atoms with van der Waals surface area (Å²) in [5.74, 6) is 0. The molecule has 13 heavy (non-hydrogen) atoms. The van der Waals surface area contributed by atoms with Gasteiger partial charge in [0, 0.05) is 17.9 Å². The second-order valence-corrected chi connectivity index (χ2v) is 3.63. The van der Waals surface area contributed by atoms with Crippen LogP contribution in [-0.2, 0) is 4.74 Å². The molecule has 1 atom stereocenters. The lowest BCUT2D eigenvalue weighted by atomic mass is 9.91. The Morgan fingerprint density at radius 3 is 3.00 bits per heavy atom. The van der Waals surface area contributed by atoms with Crippen LogP contribution in [0.1, 0.15) is 24.5 Å². The van der Waals surface area contributed by atoms with E-state index in [1.807, 2.05) is 12.1 Å². The van der Waals surface area contributed by atoms with Gasteiger partial charge in [0.05, 0.1) is 6.10 Å². The Morgan fingerprint density at radius 1 is 1.46 bits per heavy atom. The molecule has 0 amide bonds. The molecule has 1 fully saturated rings. The van der Waals surface area contributed by atoms with Gasteiger partial charge in [-0.3, -0.25) is 0 Å². The maximum absolute atomic E-state index is 5.89. The third-order valence-electron chi connectivity index (χ3n) is 2.52. The van der Waals surface area contributed by atoms with E-state index in [2.05, 4.69) is 13.9 Å². The third kappa shape index (κ3) is 1.70. The van der Waals surface area contributed by atoms with E-state index in [-0.39, 0.29) is 6.10 Å². The molecule has 1 heterocycles. The topological polar surface area (TPSA) is 35.2 Å². The van der Waals surface area contributed by atoms with Crippen molar-refractivity contribution in [3.05, 3.63) is 23.8 Å². The fraction of sp³-hybridized carbons (Fsp3) is 0.400. The molecule has 0 aromatic heterocycles. The molecule has 68 valence electrons. The predicted molar refractivity (Wildman–Crippen MR) is 57.0 cm³/mol. The van der Waals surface area contributed by atoms with Gasteiger partial charge in [-0.25, -0.2) is 0 Å².